The predicted molar refractivity (Wildman–Crippen MR) is 83.1 cm³/mol. The van der Waals surface area contributed by atoms with Crippen LogP contribution in [-0.4, -0.2) is 42.7 Å². The first-order chi connectivity index (χ1) is 10.0. The molecule has 1 aromatic rings. The third kappa shape index (κ3) is 4.33. The van der Waals surface area contributed by atoms with Crippen LogP contribution in [-0.2, 0) is 4.79 Å². The molecule has 2 rings (SSSR count). The summed E-state index contributed by atoms with van der Waals surface area (Å²) in [6, 6.07) is 5.83. The summed E-state index contributed by atoms with van der Waals surface area (Å²) in [5.41, 5.74) is 1.99. The van der Waals surface area contributed by atoms with Crippen LogP contribution in [0.1, 0.15) is 24.0 Å². The summed E-state index contributed by atoms with van der Waals surface area (Å²) in [6.07, 6.45) is 5.02. The maximum absolute atomic E-state index is 12.1. The fraction of sp³-hybridized carbons (Fsp3) is 0.471. The molecule has 1 aromatic carbocycles. The number of benzene rings is 1. The molecule has 0 radical (unpaired) electrons. The number of rotatable bonds is 6. The molecular formula is C17H23NO3. The molecule has 4 heteroatoms. The zero-order chi connectivity index (χ0) is 15.4. The lowest BCUT2D eigenvalue weighted by atomic mass is 10.1. The SMILES string of the molecule is COc1ccc(C)cc1C=CC(=O)N(C)CC(O)C1CC1. The van der Waals surface area contributed by atoms with Crippen LogP contribution in [0.3, 0.4) is 0 Å². The van der Waals surface area contributed by atoms with E-state index in [9.17, 15) is 9.90 Å². The average Bonchev–Trinajstić information content (AvgIpc) is 3.29. The van der Waals surface area contributed by atoms with Crippen molar-refractivity contribution in [2.75, 3.05) is 20.7 Å². The van der Waals surface area contributed by atoms with E-state index < -0.39 is 6.10 Å². The Kier molecular flexibility index (Phi) is 5.02. The second-order valence-corrected chi connectivity index (χ2v) is 5.70. The second kappa shape index (κ2) is 6.76. The molecule has 1 fully saturated rings. The van der Waals surface area contributed by atoms with Crippen LogP contribution in [0.4, 0.5) is 0 Å². The number of aliphatic hydroxyl groups excluding tert-OH is 1. The smallest absolute Gasteiger partial charge is 0.246 e. The molecule has 0 spiro atoms. The minimum atomic E-state index is -0.402. The second-order valence-electron chi connectivity index (χ2n) is 5.70. The molecule has 21 heavy (non-hydrogen) atoms. The molecule has 1 atom stereocenters. The zero-order valence-corrected chi connectivity index (χ0v) is 12.9. The van der Waals surface area contributed by atoms with E-state index in [0.29, 0.717) is 12.5 Å². The quantitative estimate of drug-likeness (QED) is 0.817. The van der Waals surface area contributed by atoms with Crippen LogP contribution in [0.15, 0.2) is 24.3 Å². The predicted octanol–water partition coefficient (Wildman–Crippen LogP) is 2.25. The van der Waals surface area contributed by atoms with Gasteiger partial charge in [-0.2, -0.15) is 0 Å². The Morgan fingerprint density at radius 3 is 2.86 bits per heavy atom. The highest BCUT2D eigenvalue weighted by Gasteiger charge is 2.30. The number of hydrogen-bond acceptors (Lipinski definition) is 3. The lowest BCUT2D eigenvalue weighted by Gasteiger charge is -2.19. The van der Waals surface area contributed by atoms with Gasteiger partial charge in [0.05, 0.1) is 13.2 Å². The van der Waals surface area contributed by atoms with E-state index in [1.165, 1.54) is 6.08 Å². The topological polar surface area (TPSA) is 49.8 Å². The Bertz CT molecular complexity index is 535. The fourth-order valence-electron chi connectivity index (χ4n) is 2.27. The van der Waals surface area contributed by atoms with Crippen molar-refractivity contribution >= 4 is 12.0 Å². The molecule has 0 bridgehead atoms. The summed E-state index contributed by atoms with van der Waals surface area (Å²) in [5, 5.41) is 9.87. The number of nitrogens with zero attached hydrogens (tertiary/aromatic N) is 1. The molecule has 0 aliphatic heterocycles. The summed E-state index contributed by atoms with van der Waals surface area (Å²) < 4.78 is 5.28. The molecule has 114 valence electrons. The lowest BCUT2D eigenvalue weighted by molar-refractivity contribution is -0.126. The highest BCUT2D eigenvalue weighted by molar-refractivity contribution is 5.92. The van der Waals surface area contributed by atoms with Gasteiger partial charge in [0.25, 0.3) is 0 Å². The molecule has 0 saturated heterocycles. The number of carbonyl (C=O) groups is 1. The zero-order valence-electron chi connectivity index (χ0n) is 12.9. The normalized spacial score (nSPS) is 16.0. The van der Waals surface area contributed by atoms with Crippen LogP contribution in [0.5, 0.6) is 5.75 Å². The first kappa shape index (κ1) is 15.6. The van der Waals surface area contributed by atoms with Crippen molar-refractivity contribution in [2.24, 2.45) is 5.92 Å². The fourth-order valence-corrected chi connectivity index (χ4v) is 2.27. The van der Waals surface area contributed by atoms with Gasteiger partial charge in [0.15, 0.2) is 0 Å². The van der Waals surface area contributed by atoms with Crippen LogP contribution in [0.2, 0.25) is 0 Å². The molecule has 1 aliphatic carbocycles. The van der Waals surface area contributed by atoms with E-state index in [1.54, 1.807) is 25.1 Å². The van der Waals surface area contributed by atoms with Gasteiger partial charge < -0.3 is 14.7 Å². The van der Waals surface area contributed by atoms with Crippen molar-refractivity contribution in [3.63, 3.8) is 0 Å². The van der Waals surface area contributed by atoms with Gasteiger partial charge in [-0.25, -0.2) is 0 Å². The van der Waals surface area contributed by atoms with E-state index in [-0.39, 0.29) is 5.91 Å². The first-order valence-corrected chi connectivity index (χ1v) is 7.27. The summed E-state index contributed by atoms with van der Waals surface area (Å²) in [7, 11) is 3.33. The highest BCUT2D eigenvalue weighted by atomic mass is 16.5. The number of likely N-dealkylation sites (N-methyl/N-ethyl adjacent to an activating group) is 1. The summed E-state index contributed by atoms with van der Waals surface area (Å²) >= 11 is 0. The Morgan fingerprint density at radius 2 is 2.24 bits per heavy atom. The average molecular weight is 289 g/mol. The molecule has 1 aliphatic rings. The number of amides is 1. The third-order valence-electron chi connectivity index (χ3n) is 3.79. The number of aryl methyl sites for hydroxylation is 1. The molecule has 1 saturated carbocycles. The van der Waals surface area contributed by atoms with Gasteiger partial charge in [0.1, 0.15) is 5.75 Å². The first-order valence-electron chi connectivity index (χ1n) is 7.27. The molecule has 1 amide bonds. The summed E-state index contributed by atoms with van der Waals surface area (Å²) in [6.45, 7) is 2.38. The van der Waals surface area contributed by atoms with Crippen molar-refractivity contribution in [2.45, 2.75) is 25.9 Å². The van der Waals surface area contributed by atoms with Crippen molar-refractivity contribution in [3.8, 4) is 5.75 Å². The van der Waals surface area contributed by atoms with Crippen molar-refractivity contribution in [1.29, 1.82) is 0 Å². The van der Waals surface area contributed by atoms with Gasteiger partial charge in [-0.1, -0.05) is 11.6 Å². The Labute approximate surface area is 126 Å². The number of aliphatic hydroxyl groups is 1. The van der Waals surface area contributed by atoms with Gasteiger partial charge in [0, 0.05) is 25.2 Å². The molecule has 0 aromatic heterocycles. The van der Waals surface area contributed by atoms with E-state index >= 15 is 0 Å². The maximum atomic E-state index is 12.1. The van der Waals surface area contributed by atoms with Crippen molar-refractivity contribution in [1.82, 2.24) is 4.90 Å². The van der Waals surface area contributed by atoms with Crippen LogP contribution >= 0.6 is 0 Å². The van der Waals surface area contributed by atoms with Gasteiger partial charge in [-0.05, 0) is 43.9 Å². The number of ether oxygens (including phenoxy) is 1. The minimum Gasteiger partial charge on any atom is -0.496 e. The highest BCUT2D eigenvalue weighted by Crippen LogP contribution is 2.32. The minimum absolute atomic E-state index is 0.113. The van der Waals surface area contributed by atoms with E-state index in [4.69, 9.17) is 4.74 Å². The van der Waals surface area contributed by atoms with E-state index in [1.807, 2.05) is 25.1 Å². The lowest BCUT2D eigenvalue weighted by Crippen LogP contribution is -2.34. The molecular weight excluding hydrogens is 266 g/mol. The van der Waals surface area contributed by atoms with Crippen LogP contribution < -0.4 is 4.74 Å². The standard InChI is InChI=1S/C17H23NO3/c1-12-4-8-16(21-3)14(10-12)7-9-17(20)18(2)11-15(19)13-5-6-13/h4,7-10,13,15,19H,5-6,11H2,1-3H3. The largest absolute Gasteiger partial charge is 0.496 e. The Morgan fingerprint density at radius 1 is 1.52 bits per heavy atom. The maximum Gasteiger partial charge on any atom is 0.246 e. The van der Waals surface area contributed by atoms with Gasteiger partial charge >= 0.3 is 0 Å². The number of carbonyl (C=O) groups excluding carboxylic acids is 1. The van der Waals surface area contributed by atoms with Crippen molar-refractivity contribution in [3.05, 3.63) is 35.4 Å². The third-order valence-corrected chi connectivity index (χ3v) is 3.79. The van der Waals surface area contributed by atoms with Gasteiger partial charge in [-0.15, -0.1) is 0 Å². The molecule has 1 unspecified atom stereocenters. The Balaban J connectivity index is 1.99. The molecule has 0 heterocycles. The van der Waals surface area contributed by atoms with Gasteiger partial charge in [-0.3, -0.25) is 4.79 Å². The monoisotopic (exact) mass is 289 g/mol. The Hall–Kier alpha value is -1.81. The van der Waals surface area contributed by atoms with Crippen molar-refractivity contribution < 1.29 is 14.6 Å². The number of methoxy groups -OCH3 is 1. The van der Waals surface area contributed by atoms with E-state index in [0.717, 1.165) is 29.7 Å². The molecule has 4 nitrogen and oxygen atoms in total. The van der Waals surface area contributed by atoms with Crippen LogP contribution in [0, 0.1) is 12.8 Å². The molecule has 1 N–H and O–H groups in total. The van der Waals surface area contributed by atoms with Gasteiger partial charge in [0.2, 0.25) is 5.91 Å². The summed E-state index contributed by atoms with van der Waals surface area (Å²) in [5.74, 6) is 1.00. The van der Waals surface area contributed by atoms with E-state index in [2.05, 4.69) is 0 Å². The van der Waals surface area contributed by atoms with Crippen LogP contribution in [0.25, 0.3) is 6.08 Å². The number of hydrogen-bond donors (Lipinski definition) is 1. The summed E-state index contributed by atoms with van der Waals surface area (Å²) in [4.78, 5) is 13.6.